The van der Waals surface area contributed by atoms with Crippen molar-refractivity contribution < 1.29 is 9.52 Å². The van der Waals surface area contributed by atoms with Gasteiger partial charge in [-0.3, -0.25) is 4.90 Å². The van der Waals surface area contributed by atoms with Crippen LogP contribution in [0.4, 0.5) is 0 Å². The van der Waals surface area contributed by atoms with Crippen LogP contribution < -0.4 is 0 Å². The first-order valence-corrected chi connectivity index (χ1v) is 9.08. The Morgan fingerprint density at radius 1 is 1.33 bits per heavy atom. The number of likely N-dealkylation sites (tertiary alicyclic amines) is 1. The van der Waals surface area contributed by atoms with Crippen molar-refractivity contribution in [3.63, 3.8) is 0 Å². The van der Waals surface area contributed by atoms with Gasteiger partial charge in [0.2, 0.25) is 0 Å². The van der Waals surface area contributed by atoms with Crippen LogP contribution in [0.25, 0.3) is 0 Å². The monoisotopic (exact) mass is 329 g/mol. The molecule has 4 rings (SSSR count). The highest BCUT2D eigenvalue weighted by atomic mass is 16.3. The molecular weight excluding hydrogens is 302 g/mol. The average Bonchev–Trinajstić information content (AvgIpc) is 2.97. The van der Waals surface area contributed by atoms with Crippen LogP contribution in [0.15, 0.2) is 28.9 Å². The summed E-state index contributed by atoms with van der Waals surface area (Å²) in [5, 5.41) is 10.6. The molecule has 0 amide bonds. The number of aliphatic hydroxyl groups is 1. The van der Waals surface area contributed by atoms with Crippen molar-refractivity contribution in [1.29, 1.82) is 0 Å². The number of hydrogen-bond acceptors (Lipinski definition) is 4. The minimum atomic E-state index is -0.460. The van der Waals surface area contributed by atoms with Gasteiger partial charge in [0.05, 0.1) is 6.54 Å². The number of aliphatic hydroxyl groups excluding tert-OH is 1. The maximum Gasteiger partial charge on any atom is 0.137 e. The molecule has 5 nitrogen and oxygen atoms in total. The van der Waals surface area contributed by atoms with Gasteiger partial charge in [-0.2, -0.15) is 0 Å². The Morgan fingerprint density at radius 3 is 2.71 bits per heavy atom. The molecule has 3 atom stereocenters. The molecule has 2 aromatic heterocycles. The largest absolute Gasteiger partial charge is 0.464 e. The summed E-state index contributed by atoms with van der Waals surface area (Å²) in [4.78, 5) is 6.72. The third-order valence-electron chi connectivity index (χ3n) is 5.74. The molecule has 1 saturated carbocycles. The van der Waals surface area contributed by atoms with Gasteiger partial charge >= 0.3 is 0 Å². The van der Waals surface area contributed by atoms with Crippen LogP contribution >= 0.6 is 0 Å². The molecule has 24 heavy (non-hydrogen) atoms. The predicted octanol–water partition coefficient (Wildman–Crippen LogP) is 3.08. The maximum atomic E-state index is 10.6. The number of nitrogens with zero attached hydrogens (tertiary/aromatic N) is 3. The number of piperidine rings is 1. The fraction of sp³-hybridized carbons (Fsp3) is 0.632. The molecule has 5 heteroatoms. The van der Waals surface area contributed by atoms with Crippen LogP contribution in [0.3, 0.4) is 0 Å². The van der Waals surface area contributed by atoms with E-state index in [0.29, 0.717) is 11.8 Å². The van der Waals surface area contributed by atoms with Gasteiger partial charge in [0.15, 0.2) is 0 Å². The van der Waals surface area contributed by atoms with E-state index in [1.807, 2.05) is 17.8 Å². The van der Waals surface area contributed by atoms with Gasteiger partial charge in [0, 0.05) is 25.4 Å². The molecule has 1 aliphatic heterocycles. The molecular formula is C19H27N3O2. The van der Waals surface area contributed by atoms with Crippen LogP contribution in [0.1, 0.15) is 55.6 Å². The standard InChI is InChI=1S/C19H27N3O2/c1-13-11-16(13)17-4-3-15(24-17)12-22-8-5-14(6-9-22)18(23)19-20-7-10-21(19)2/h3-4,7,10,13-14,16,18,23H,5-6,8-9,11-12H2,1-2H3. The zero-order chi connectivity index (χ0) is 16.7. The van der Waals surface area contributed by atoms with Crippen LogP contribution in [0.2, 0.25) is 0 Å². The quantitative estimate of drug-likeness (QED) is 0.916. The van der Waals surface area contributed by atoms with Gasteiger partial charge in [-0.25, -0.2) is 4.98 Å². The molecule has 2 aliphatic rings. The lowest BCUT2D eigenvalue weighted by atomic mass is 9.90. The summed E-state index contributed by atoms with van der Waals surface area (Å²) in [5.74, 6) is 4.75. The molecule has 3 heterocycles. The van der Waals surface area contributed by atoms with Crippen molar-refractivity contribution in [2.45, 2.75) is 44.8 Å². The normalized spacial score (nSPS) is 26.6. The zero-order valence-electron chi connectivity index (χ0n) is 14.6. The fourth-order valence-electron chi connectivity index (χ4n) is 3.92. The summed E-state index contributed by atoms with van der Waals surface area (Å²) >= 11 is 0. The summed E-state index contributed by atoms with van der Waals surface area (Å²) < 4.78 is 7.94. The molecule has 0 bridgehead atoms. The van der Waals surface area contributed by atoms with Crippen molar-refractivity contribution >= 4 is 0 Å². The molecule has 130 valence electrons. The Bertz CT molecular complexity index is 684. The first kappa shape index (κ1) is 15.9. The topological polar surface area (TPSA) is 54.4 Å². The smallest absolute Gasteiger partial charge is 0.137 e. The summed E-state index contributed by atoms with van der Waals surface area (Å²) in [6.45, 7) is 5.17. The van der Waals surface area contributed by atoms with Gasteiger partial charge in [-0.15, -0.1) is 0 Å². The van der Waals surface area contributed by atoms with Gasteiger partial charge in [0.1, 0.15) is 23.4 Å². The van der Waals surface area contributed by atoms with E-state index in [4.69, 9.17) is 4.42 Å². The Labute approximate surface area is 143 Å². The average molecular weight is 329 g/mol. The molecule has 2 aromatic rings. The molecule has 3 unspecified atom stereocenters. The van der Waals surface area contributed by atoms with E-state index in [-0.39, 0.29) is 0 Å². The van der Waals surface area contributed by atoms with Crippen LogP contribution in [0.5, 0.6) is 0 Å². The number of aryl methyl sites for hydroxylation is 1. The number of furan rings is 1. The SMILES string of the molecule is CC1CC1c1ccc(CN2CCC(C(O)c3nccn3C)CC2)o1. The molecule has 0 spiro atoms. The Kier molecular flexibility index (Phi) is 4.22. The lowest BCUT2D eigenvalue weighted by Crippen LogP contribution is -2.35. The lowest BCUT2D eigenvalue weighted by molar-refractivity contribution is 0.0474. The summed E-state index contributed by atoms with van der Waals surface area (Å²) in [6, 6.07) is 4.29. The van der Waals surface area contributed by atoms with Crippen LogP contribution in [-0.4, -0.2) is 32.6 Å². The van der Waals surface area contributed by atoms with Crippen molar-refractivity contribution in [3.05, 3.63) is 41.9 Å². The van der Waals surface area contributed by atoms with E-state index in [9.17, 15) is 5.11 Å². The third-order valence-corrected chi connectivity index (χ3v) is 5.74. The van der Waals surface area contributed by atoms with Crippen molar-refractivity contribution in [3.8, 4) is 0 Å². The number of rotatable bonds is 5. The minimum Gasteiger partial charge on any atom is -0.464 e. The highest BCUT2D eigenvalue weighted by molar-refractivity contribution is 5.17. The second-order valence-corrected chi connectivity index (χ2v) is 7.58. The highest BCUT2D eigenvalue weighted by Gasteiger charge is 2.36. The van der Waals surface area contributed by atoms with Crippen molar-refractivity contribution in [2.24, 2.45) is 18.9 Å². The second kappa shape index (κ2) is 6.37. The van der Waals surface area contributed by atoms with E-state index in [1.54, 1.807) is 6.20 Å². The number of hydrogen-bond donors (Lipinski definition) is 1. The molecule has 1 N–H and O–H groups in total. The van der Waals surface area contributed by atoms with E-state index in [2.05, 4.69) is 28.9 Å². The summed E-state index contributed by atoms with van der Waals surface area (Å²) in [7, 11) is 1.94. The van der Waals surface area contributed by atoms with E-state index in [1.165, 1.54) is 6.42 Å². The highest BCUT2D eigenvalue weighted by Crippen LogP contribution is 2.47. The fourth-order valence-corrected chi connectivity index (χ4v) is 3.92. The second-order valence-electron chi connectivity index (χ2n) is 7.58. The minimum absolute atomic E-state index is 0.293. The first-order chi connectivity index (χ1) is 11.6. The Morgan fingerprint density at radius 2 is 2.08 bits per heavy atom. The molecule has 2 fully saturated rings. The number of imidazole rings is 1. The lowest BCUT2D eigenvalue weighted by Gasteiger charge is -2.33. The summed E-state index contributed by atoms with van der Waals surface area (Å²) in [6.07, 6.45) is 6.45. The Hall–Kier alpha value is -1.59. The maximum absolute atomic E-state index is 10.6. The molecule has 1 aliphatic carbocycles. The van der Waals surface area contributed by atoms with Crippen LogP contribution in [-0.2, 0) is 13.6 Å². The van der Waals surface area contributed by atoms with Crippen molar-refractivity contribution in [2.75, 3.05) is 13.1 Å². The van der Waals surface area contributed by atoms with Crippen molar-refractivity contribution in [1.82, 2.24) is 14.5 Å². The molecule has 0 radical (unpaired) electrons. The van der Waals surface area contributed by atoms with Crippen LogP contribution in [0, 0.1) is 11.8 Å². The Balaban J connectivity index is 1.30. The van der Waals surface area contributed by atoms with E-state index < -0.39 is 6.10 Å². The van der Waals surface area contributed by atoms with E-state index in [0.717, 1.165) is 55.7 Å². The zero-order valence-corrected chi connectivity index (χ0v) is 14.6. The summed E-state index contributed by atoms with van der Waals surface area (Å²) in [5.41, 5.74) is 0. The van der Waals surface area contributed by atoms with Gasteiger partial charge in [-0.05, 0) is 56.3 Å². The molecule has 0 aromatic carbocycles. The van der Waals surface area contributed by atoms with E-state index >= 15 is 0 Å². The molecule has 1 saturated heterocycles. The first-order valence-electron chi connectivity index (χ1n) is 9.08. The predicted molar refractivity (Wildman–Crippen MR) is 91.4 cm³/mol. The third kappa shape index (κ3) is 3.15. The van der Waals surface area contributed by atoms with Gasteiger partial charge in [0.25, 0.3) is 0 Å². The number of aromatic nitrogens is 2. The van der Waals surface area contributed by atoms with Gasteiger partial charge < -0.3 is 14.1 Å². The van der Waals surface area contributed by atoms with Gasteiger partial charge in [-0.1, -0.05) is 6.92 Å².